The molecule has 2 aromatic rings. The maximum atomic E-state index is 10.4. The number of hydrogen-bond acceptors (Lipinski definition) is 4. The summed E-state index contributed by atoms with van der Waals surface area (Å²) in [7, 11) is 0. The lowest BCUT2D eigenvalue weighted by molar-refractivity contribution is -0.121. The Labute approximate surface area is 143 Å². The van der Waals surface area contributed by atoms with Gasteiger partial charge in [0.2, 0.25) is 0 Å². The number of aliphatic hydroxyl groups is 2. The Bertz CT molecular complexity index is 712. The highest BCUT2D eigenvalue weighted by atomic mass is 16.3. The minimum atomic E-state index is -0.939. The van der Waals surface area contributed by atoms with Gasteiger partial charge in [-0.3, -0.25) is 4.90 Å². The minimum Gasteiger partial charge on any atom is -0.389 e. The highest BCUT2D eigenvalue weighted by Crippen LogP contribution is 2.27. The van der Waals surface area contributed by atoms with E-state index >= 15 is 0 Å². The fourth-order valence-corrected chi connectivity index (χ4v) is 3.54. The molecule has 0 bridgehead atoms. The van der Waals surface area contributed by atoms with Gasteiger partial charge in [-0.2, -0.15) is 5.10 Å². The molecule has 0 radical (unpaired) electrons. The monoisotopic (exact) mass is 329 g/mol. The quantitative estimate of drug-likeness (QED) is 0.903. The Kier molecular flexibility index (Phi) is 4.76. The Morgan fingerprint density at radius 1 is 1.29 bits per heavy atom. The van der Waals surface area contributed by atoms with Crippen molar-refractivity contribution in [2.75, 3.05) is 13.1 Å². The van der Waals surface area contributed by atoms with Crippen LogP contribution in [0.1, 0.15) is 36.7 Å². The van der Waals surface area contributed by atoms with E-state index in [4.69, 9.17) is 0 Å². The van der Waals surface area contributed by atoms with E-state index in [1.807, 2.05) is 30.7 Å². The number of benzene rings is 1. The molecule has 1 aliphatic rings. The van der Waals surface area contributed by atoms with Crippen LogP contribution in [0.4, 0.5) is 0 Å². The van der Waals surface area contributed by atoms with Crippen molar-refractivity contribution in [1.82, 2.24) is 14.7 Å². The summed E-state index contributed by atoms with van der Waals surface area (Å²) in [6.45, 7) is 8.01. The van der Waals surface area contributed by atoms with Gasteiger partial charge in [0.05, 0.1) is 23.1 Å². The summed E-state index contributed by atoms with van der Waals surface area (Å²) in [5.74, 6) is 0. The van der Waals surface area contributed by atoms with Crippen molar-refractivity contribution in [3.05, 3.63) is 47.3 Å². The largest absolute Gasteiger partial charge is 0.389 e. The maximum absolute atomic E-state index is 10.4. The molecular weight excluding hydrogens is 302 g/mol. The van der Waals surface area contributed by atoms with Gasteiger partial charge in [-0.25, -0.2) is 4.68 Å². The fourth-order valence-electron chi connectivity index (χ4n) is 3.54. The second-order valence-corrected chi connectivity index (χ2v) is 6.93. The Morgan fingerprint density at radius 2 is 2.04 bits per heavy atom. The molecule has 1 saturated heterocycles. The predicted octanol–water partition coefficient (Wildman–Crippen LogP) is 2.20. The van der Waals surface area contributed by atoms with Gasteiger partial charge in [0.15, 0.2) is 0 Å². The van der Waals surface area contributed by atoms with Gasteiger partial charge in [-0.1, -0.05) is 25.1 Å². The Morgan fingerprint density at radius 3 is 2.67 bits per heavy atom. The van der Waals surface area contributed by atoms with Crippen LogP contribution in [0.15, 0.2) is 30.3 Å². The summed E-state index contributed by atoms with van der Waals surface area (Å²) in [6, 6.07) is 10.3. The number of β-amino-alcohol motifs (C(OH)–C–C–N with tert-alkyl or cyclic N) is 1. The van der Waals surface area contributed by atoms with Crippen molar-refractivity contribution < 1.29 is 10.2 Å². The van der Waals surface area contributed by atoms with Gasteiger partial charge >= 0.3 is 0 Å². The van der Waals surface area contributed by atoms with Crippen molar-refractivity contribution in [3.63, 3.8) is 0 Å². The molecule has 5 nitrogen and oxygen atoms in total. The third kappa shape index (κ3) is 3.24. The van der Waals surface area contributed by atoms with E-state index in [-0.39, 0.29) is 0 Å². The molecule has 130 valence electrons. The lowest BCUT2D eigenvalue weighted by Gasteiger charge is -2.41. The second-order valence-electron chi connectivity index (χ2n) is 6.93. The van der Waals surface area contributed by atoms with Crippen molar-refractivity contribution in [2.45, 2.75) is 51.9 Å². The van der Waals surface area contributed by atoms with Gasteiger partial charge < -0.3 is 10.2 Å². The number of aliphatic hydroxyl groups excluding tert-OH is 1. The lowest BCUT2D eigenvalue weighted by atomic mass is 9.86. The zero-order valence-electron chi connectivity index (χ0n) is 14.7. The average Bonchev–Trinajstić information content (AvgIpc) is 2.90. The number of nitrogens with zero attached hydrogens (tertiary/aromatic N) is 3. The molecule has 1 fully saturated rings. The first-order valence-corrected chi connectivity index (χ1v) is 8.67. The van der Waals surface area contributed by atoms with Crippen LogP contribution < -0.4 is 0 Å². The highest BCUT2D eigenvalue weighted by molar-refractivity contribution is 5.42. The van der Waals surface area contributed by atoms with Crippen LogP contribution in [0, 0.1) is 13.8 Å². The third-order valence-electron chi connectivity index (χ3n) is 5.15. The van der Waals surface area contributed by atoms with E-state index in [0.717, 1.165) is 30.2 Å². The summed E-state index contributed by atoms with van der Waals surface area (Å²) in [4.78, 5) is 2.21. The van der Waals surface area contributed by atoms with Crippen molar-refractivity contribution >= 4 is 0 Å². The first-order chi connectivity index (χ1) is 11.4. The fraction of sp³-hybridized carbons (Fsp3) is 0.526. The van der Waals surface area contributed by atoms with Crippen LogP contribution in [0.25, 0.3) is 5.69 Å². The summed E-state index contributed by atoms with van der Waals surface area (Å²) < 4.78 is 1.98. The van der Waals surface area contributed by atoms with Crippen molar-refractivity contribution in [3.8, 4) is 5.69 Å². The molecule has 3 rings (SSSR count). The molecule has 0 amide bonds. The minimum absolute atomic E-state index is 0.496. The van der Waals surface area contributed by atoms with Crippen LogP contribution in [0.2, 0.25) is 0 Å². The van der Waals surface area contributed by atoms with Crippen LogP contribution in [0.3, 0.4) is 0 Å². The molecule has 2 N–H and O–H groups in total. The van der Waals surface area contributed by atoms with E-state index in [1.54, 1.807) is 0 Å². The Balaban J connectivity index is 1.81. The first-order valence-electron chi connectivity index (χ1n) is 8.67. The normalized spacial score (nSPS) is 25.1. The lowest BCUT2D eigenvalue weighted by Crippen LogP contribution is -2.54. The highest BCUT2D eigenvalue weighted by Gasteiger charge is 2.38. The number of aromatic nitrogens is 2. The van der Waals surface area contributed by atoms with E-state index in [2.05, 4.69) is 35.1 Å². The molecule has 0 aliphatic carbocycles. The zero-order chi connectivity index (χ0) is 17.3. The SMILES string of the molecule is CC[C@@]1(O)CCN(Cc2ccccc2-n2nc(C)cc2C)C[C@H]1O. The van der Waals surface area contributed by atoms with Crippen LogP contribution in [-0.4, -0.2) is 49.7 Å². The van der Waals surface area contributed by atoms with E-state index in [1.165, 1.54) is 5.56 Å². The maximum Gasteiger partial charge on any atom is 0.0954 e. The molecule has 2 heterocycles. The summed E-state index contributed by atoms with van der Waals surface area (Å²) in [6.07, 6.45) is 0.494. The van der Waals surface area contributed by atoms with Crippen LogP contribution in [-0.2, 0) is 6.54 Å². The number of aryl methyl sites for hydroxylation is 2. The zero-order valence-corrected chi connectivity index (χ0v) is 14.7. The van der Waals surface area contributed by atoms with Gasteiger partial charge in [0.1, 0.15) is 0 Å². The molecule has 1 aromatic carbocycles. The molecule has 0 unspecified atom stereocenters. The van der Waals surface area contributed by atoms with Gasteiger partial charge in [-0.15, -0.1) is 0 Å². The van der Waals surface area contributed by atoms with Crippen molar-refractivity contribution in [2.24, 2.45) is 0 Å². The number of piperidine rings is 1. The summed E-state index contributed by atoms with van der Waals surface area (Å²) in [5, 5.41) is 25.3. The standard InChI is InChI=1S/C19H27N3O2/c1-4-19(24)9-10-21(13-18(19)23)12-16-7-5-6-8-17(16)22-15(3)11-14(2)20-22/h5-8,11,18,23-24H,4,9-10,12-13H2,1-3H3/t18-,19-/m1/s1. The second kappa shape index (κ2) is 6.67. The van der Waals surface area contributed by atoms with Gasteiger partial charge in [-0.05, 0) is 44.4 Å². The molecule has 5 heteroatoms. The van der Waals surface area contributed by atoms with Gasteiger partial charge in [0, 0.05) is 25.3 Å². The molecule has 24 heavy (non-hydrogen) atoms. The average molecular weight is 329 g/mol. The van der Waals surface area contributed by atoms with Crippen molar-refractivity contribution in [1.29, 1.82) is 0 Å². The molecule has 0 saturated carbocycles. The third-order valence-corrected chi connectivity index (χ3v) is 5.15. The first kappa shape index (κ1) is 17.1. The molecular formula is C19H27N3O2. The Hall–Kier alpha value is -1.69. The van der Waals surface area contributed by atoms with E-state index in [9.17, 15) is 10.2 Å². The van der Waals surface area contributed by atoms with Crippen LogP contribution in [0.5, 0.6) is 0 Å². The number of likely N-dealkylation sites (tertiary alicyclic amines) is 1. The molecule has 1 aromatic heterocycles. The summed E-state index contributed by atoms with van der Waals surface area (Å²) in [5.41, 5.74) is 3.43. The number of para-hydroxylation sites is 1. The topological polar surface area (TPSA) is 61.5 Å². The number of hydrogen-bond donors (Lipinski definition) is 2. The predicted molar refractivity (Wildman–Crippen MR) is 94.2 cm³/mol. The van der Waals surface area contributed by atoms with Crippen LogP contribution >= 0.6 is 0 Å². The van der Waals surface area contributed by atoms with E-state index in [0.29, 0.717) is 19.4 Å². The smallest absolute Gasteiger partial charge is 0.0954 e. The molecule has 1 aliphatic heterocycles. The van der Waals surface area contributed by atoms with E-state index < -0.39 is 11.7 Å². The molecule has 2 atom stereocenters. The van der Waals surface area contributed by atoms with Gasteiger partial charge in [0.25, 0.3) is 0 Å². The summed E-state index contributed by atoms with van der Waals surface area (Å²) >= 11 is 0. The number of rotatable bonds is 4. The molecule has 0 spiro atoms.